The molecule has 1 nitrogen and oxygen atoms in total. The van der Waals surface area contributed by atoms with Crippen LogP contribution in [0.4, 0.5) is 0 Å². The molecule has 0 N–H and O–H groups in total. The quantitative estimate of drug-likeness (QED) is 0.619. The highest BCUT2D eigenvalue weighted by atomic mass is 35.5. The summed E-state index contributed by atoms with van der Waals surface area (Å²) in [6.45, 7) is 5.25. The van der Waals surface area contributed by atoms with Crippen molar-refractivity contribution < 1.29 is 4.74 Å². The molecule has 0 aliphatic carbocycles. The van der Waals surface area contributed by atoms with Gasteiger partial charge >= 0.3 is 0 Å². The molecule has 0 aromatic heterocycles. The minimum Gasteiger partial charge on any atom is -0.378 e. The predicted octanol–water partition coefficient (Wildman–Crippen LogP) is 3.21. The third kappa shape index (κ3) is 3.32. The Kier molecular flexibility index (Phi) is 4.38. The Morgan fingerprint density at radius 1 is 1.50 bits per heavy atom. The van der Waals surface area contributed by atoms with E-state index in [2.05, 4.69) is 13.8 Å². The Bertz CT molecular complexity index is 117. The fourth-order valence-electron chi connectivity index (χ4n) is 1.55. The maximum Gasteiger partial charge on any atom is 0.0576 e. The van der Waals surface area contributed by atoms with Crippen LogP contribution < -0.4 is 0 Å². The first-order chi connectivity index (χ1) is 5.70. The SMILES string of the molecule is CC(Cl)C(C)CCC1CCCO1. The first kappa shape index (κ1) is 10.3. The largest absolute Gasteiger partial charge is 0.378 e. The highest BCUT2D eigenvalue weighted by Crippen LogP contribution is 2.22. The van der Waals surface area contributed by atoms with Gasteiger partial charge in [-0.2, -0.15) is 0 Å². The van der Waals surface area contributed by atoms with Crippen molar-refractivity contribution in [1.82, 2.24) is 0 Å². The van der Waals surface area contributed by atoms with Gasteiger partial charge in [0, 0.05) is 12.0 Å². The van der Waals surface area contributed by atoms with Gasteiger partial charge in [0.1, 0.15) is 0 Å². The summed E-state index contributed by atoms with van der Waals surface area (Å²) in [6, 6.07) is 0. The van der Waals surface area contributed by atoms with Crippen LogP contribution in [0.2, 0.25) is 0 Å². The summed E-state index contributed by atoms with van der Waals surface area (Å²) in [6.07, 6.45) is 5.43. The second-order valence-electron chi connectivity index (χ2n) is 3.87. The zero-order valence-electron chi connectivity index (χ0n) is 8.05. The topological polar surface area (TPSA) is 9.23 Å². The molecule has 1 aliphatic rings. The average molecular weight is 191 g/mol. The van der Waals surface area contributed by atoms with Gasteiger partial charge < -0.3 is 4.74 Å². The highest BCUT2D eigenvalue weighted by Gasteiger charge is 2.17. The molecule has 3 atom stereocenters. The zero-order valence-corrected chi connectivity index (χ0v) is 8.81. The van der Waals surface area contributed by atoms with Gasteiger partial charge in [-0.1, -0.05) is 6.92 Å². The molecule has 2 heteroatoms. The molecule has 12 heavy (non-hydrogen) atoms. The molecular weight excluding hydrogens is 172 g/mol. The first-order valence-corrected chi connectivity index (χ1v) is 5.39. The maximum absolute atomic E-state index is 5.97. The zero-order chi connectivity index (χ0) is 8.97. The van der Waals surface area contributed by atoms with Crippen molar-refractivity contribution in [1.29, 1.82) is 0 Å². The van der Waals surface area contributed by atoms with E-state index in [0.717, 1.165) is 6.61 Å². The highest BCUT2D eigenvalue weighted by molar-refractivity contribution is 6.20. The Morgan fingerprint density at radius 3 is 2.75 bits per heavy atom. The number of hydrogen-bond donors (Lipinski definition) is 0. The molecule has 0 saturated carbocycles. The summed E-state index contributed by atoms with van der Waals surface area (Å²) in [7, 11) is 0. The van der Waals surface area contributed by atoms with Crippen LogP contribution in [0, 0.1) is 5.92 Å². The molecule has 1 saturated heterocycles. The minimum absolute atomic E-state index is 0.298. The molecular formula is C10H19ClO. The van der Waals surface area contributed by atoms with Crippen LogP contribution in [0.15, 0.2) is 0 Å². The fraction of sp³-hybridized carbons (Fsp3) is 1.00. The van der Waals surface area contributed by atoms with E-state index in [9.17, 15) is 0 Å². The van der Waals surface area contributed by atoms with Crippen LogP contribution in [-0.2, 0) is 4.74 Å². The maximum atomic E-state index is 5.97. The van der Waals surface area contributed by atoms with Gasteiger partial charge in [-0.25, -0.2) is 0 Å². The molecule has 72 valence electrons. The van der Waals surface area contributed by atoms with Crippen molar-refractivity contribution in [3.63, 3.8) is 0 Å². The number of hydrogen-bond acceptors (Lipinski definition) is 1. The lowest BCUT2D eigenvalue weighted by Gasteiger charge is -2.15. The lowest BCUT2D eigenvalue weighted by molar-refractivity contribution is 0.0987. The summed E-state index contributed by atoms with van der Waals surface area (Å²) in [5, 5.41) is 0.298. The van der Waals surface area contributed by atoms with Gasteiger partial charge in [-0.3, -0.25) is 0 Å². The van der Waals surface area contributed by atoms with Crippen LogP contribution in [-0.4, -0.2) is 18.1 Å². The van der Waals surface area contributed by atoms with E-state index in [1.807, 2.05) is 0 Å². The number of alkyl halides is 1. The van der Waals surface area contributed by atoms with E-state index in [4.69, 9.17) is 16.3 Å². The molecule has 1 aliphatic heterocycles. The van der Waals surface area contributed by atoms with E-state index < -0.39 is 0 Å². The van der Waals surface area contributed by atoms with Crippen molar-refractivity contribution in [2.75, 3.05) is 6.61 Å². The molecule has 0 aromatic carbocycles. The van der Waals surface area contributed by atoms with Crippen molar-refractivity contribution >= 4 is 11.6 Å². The standard InChI is InChI=1S/C10H19ClO/c1-8(9(2)11)5-6-10-4-3-7-12-10/h8-10H,3-7H2,1-2H3. The number of halogens is 1. The van der Waals surface area contributed by atoms with Crippen LogP contribution in [0.1, 0.15) is 39.5 Å². The van der Waals surface area contributed by atoms with Crippen molar-refractivity contribution in [2.24, 2.45) is 5.92 Å². The van der Waals surface area contributed by atoms with Gasteiger partial charge in [0.15, 0.2) is 0 Å². The Labute approximate surface area is 80.4 Å². The van der Waals surface area contributed by atoms with Gasteiger partial charge in [0.2, 0.25) is 0 Å². The van der Waals surface area contributed by atoms with Crippen molar-refractivity contribution in [3.05, 3.63) is 0 Å². The van der Waals surface area contributed by atoms with E-state index in [1.54, 1.807) is 0 Å². The molecule has 0 aromatic rings. The first-order valence-electron chi connectivity index (χ1n) is 4.96. The molecule has 1 fully saturated rings. The normalized spacial score (nSPS) is 28.8. The van der Waals surface area contributed by atoms with Gasteiger partial charge in [0.25, 0.3) is 0 Å². The van der Waals surface area contributed by atoms with Crippen molar-refractivity contribution in [3.8, 4) is 0 Å². The monoisotopic (exact) mass is 190 g/mol. The lowest BCUT2D eigenvalue weighted by Crippen LogP contribution is -2.12. The molecule has 0 amide bonds. The van der Waals surface area contributed by atoms with Crippen molar-refractivity contribution in [2.45, 2.75) is 51.0 Å². The Morgan fingerprint density at radius 2 is 2.25 bits per heavy atom. The Balaban J connectivity index is 2.07. The smallest absolute Gasteiger partial charge is 0.0576 e. The minimum atomic E-state index is 0.298. The predicted molar refractivity (Wildman–Crippen MR) is 52.7 cm³/mol. The van der Waals surface area contributed by atoms with E-state index in [1.165, 1.54) is 25.7 Å². The summed E-state index contributed by atoms with van der Waals surface area (Å²) >= 11 is 5.97. The van der Waals surface area contributed by atoms with Crippen LogP contribution >= 0.6 is 11.6 Å². The third-order valence-electron chi connectivity index (χ3n) is 2.75. The third-order valence-corrected chi connectivity index (χ3v) is 3.18. The summed E-state index contributed by atoms with van der Waals surface area (Å²) in [5.74, 6) is 0.621. The van der Waals surface area contributed by atoms with Gasteiger partial charge in [0.05, 0.1) is 6.10 Å². The average Bonchev–Trinajstić information content (AvgIpc) is 2.51. The molecule has 0 bridgehead atoms. The summed E-state index contributed by atoms with van der Waals surface area (Å²) < 4.78 is 5.54. The number of rotatable bonds is 4. The van der Waals surface area contributed by atoms with Gasteiger partial charge in [-0.15, -0.1) is 11.6 Å². The van der Waals surface area contributed by atoms with Gasteiger partial charge in [-0.05, 0) is 38.5 Å². The summed E-state index contributed by atoms with van der Waals surface area (Å²) in [4.78, 5) is 0. The number of ether oxygens (including phenoxy) is 1. The second kappa shape index (κ2) is 5.08. The van der Waals surface area contributed by atoms with Crippen LogP contribution in [0.25, 0.3) is 0 Å². The van der Waals surface area contributed by atoms with Crippen LogP contribution in [0.5, 0.6) is 0 Å². The molecule has 1 heterocycles. The Hall–Kier alpha value is 0.250. The lowest BCUT2D eigenvalue weighted by atomic mass is 9.99. The molecule has 0 radical (unpaired) electrons. The molecule has 3 unspecified atom stereocenters. The van der Waals surface area contributed by atoms with E-state index in [0.29, 0.717) is 17.4 Å². The molecule has 1 rings (SSSR count). The van der Waals surface area contributed by atoms with E-state index >= 15 is 0 Å². The molecule has 0 spiro atoms. The summed E-state index contributed by atoms with van der Waals surface area (Å²) in [5.41, 5.74) is 0. The second-order valence-corrected chi connectivity index (χ2v) is 4.56. The fourth-order valence-corrected chi connectivity index (χ4v) is 1.68. The van der Waals surface area contributed by atoms with Crippen LogP contribution in [0.3, 0.4) is 0 Å². The van der Waals surface area contributed by atoms with E-state index in [-0.39, 0.29) is 0 Å².